The number of carboxylic acids is 1. The fraction of sp³-hybridized carbons (Fsp3) is 0.267. The predicted molar refractivity (Wildman–Crippen MR) is 149 cm³/mol. The number of aromatic nitrogens is 1. The molecule has 0 aliphatic carbocycles. The summed E-state index contributed by atoms with van der Waals surface area (Å²) in [5, 5.41) is 20.5. The van der Waals surface area contributed by atoms with Crippen molar-refractivity contribution in [2.24, 2.45) is 4.99 Å². The van der Waals surface area contributed by atoms with Gasteiger partial charge >= 0.3 is 5.97 Å². The summed E-state index contributed by atoms with van der Waals surface area (Å²) in [6, 6.07) is 19.8. The standard InChI is InChI=1S/C30H33FN4O3/c1-34(2)16-17-35(3)19-21-6-12-24(13-7-21)32-29(22-9-4-20(5-10-22)8-15-27(36)37)28-25-14-11-23(31)18-26(25)33-30(28)38/h4-7,9-14,18,33,38H,8,15-17,19H2,1-3H3,(H,36,37). The molecule has 1 aromatic heterocycles. The topological polar surface area (TPSA) is 92.2 Å². The van der Waals surface area contributed by atoms with Crippen LogP contribution in [0.25, 0.3) is 10.9 Å². The molecule has 4 rings (SSSR count). The number of halogens is 1. The van der Waals surface area contributed by atoms with Crippen molar-refractivity contribution in [1.82, 2.24) is 14.8 Å². The van der Waals surface area contributed by atoms with Gasteiger partial charge in [0.2, 0.25) is 0 Å². The van der Waals surface area contributed by atoms with Gasteiger partial charge in [-0.15, -0.1) is 0 Å². The number of benzene rings is 3. The minimum absolute atomic E-state index is 0.0474. The van der Waals surface area contributed by atoms with Crippen LogP contribution in [0, 0.1) is 5.82 Å². The highest BCUT2D eigenvalue weighted by molar-refractivity contribution is 6.21. The average Bonchev–Trinajstić information content (AvgIpc) is 3.20. The fourth-order valence-corrected chi connectivity index (χ4v) is 4.31. The molecule has 0 saturated heterocycles. The summed E-state index contributed by atoms with van der Waals surface area (Å²) < 4.78 is 13.9. The van der Waals surface area contributed by atoms with Gasteiger partial charge in [-0.3, -0.25) is 4.79 Å². The van der Waals surface area contributed by atoms with E-state index in [2.05, 4.69) is 35.9 Å². The molecule has 4 aromatic rings. The molecular weight excluding hydrogens is 483 g/mol. The highest BCUT2D eigenvalue weighted by Crippen LogP contribution is 2.32. The number of aromatic amines is 1. The van der Waals surface area contributed by atoms with Gasteiger partial charge in [0.25, 0.3) is 0 Å². The summed E-state index contributed by atoms with van der Waals surface area (Å²) >= 11 is 0. The molecule has 1 heterocycles. The first kappa shape index (κ1) is 27.0. The maximum absolute atomic E-state index is 13.9. The van der Waals surface area contributed by atoms with E-state index in [4.69, 9.17) is 10.1 Å². The van der Waals surface area contributed by atoms with Crippen molar-refractivity contribution in [3.8, 4) is 5.88 Å². The molecule has 8 heteroatoms. The Morgan fingerprint density at radius 1 is 0.947 bits per heavy atom. The van der Waals surface area contributed by atoms with Crippen LogP contribution in [-0.2, 0) is 17.8 Å². The lowest BCUT2D eigenvalue weighted by atomic mass is 9.98. The molecule has 0 unspecified atom stereocenters. The SMILES string of the molecule is CN(C)CCN(C)Cc1ccc(N=C(c2ccc(CCC(=O)O)cc2)c2c(O)[nH]c3cc(F)ccc23)cc1. The van der Waals surface area contributed by atoms with E-state index in [0.717, 1.165) is 30.8 Å². The van der Waals surface area contributed by atoms with Crippen LogP contribution in [-0.4, -0.2) is 70.9 Å². The highest BCUT2D eigenvalue weighted by atomic mass is 19.1. The average molecular weight is 517 g/mol. The maximum Gasteiger partial charge on any atom is 0.303 e. The van der Waals surface area contributed by atoms with Crippen LogP contribution in [0.5, 0.6) is 5.88 Å². The number of rotatable bonds is 11. The van der Waals surface area contributed by atoms with Crippen molar-refractivity contribution in [2.45, 2.75) is 19.4 Å². The van der Waals surface area contributed by atoms with Gasteiger partial charge in [-0.2, -0.15) is 0 Å². The molecule has 0 aliphatic rings. The number of aliphatic carboxylic acids is 1. The smallest absolute Gasteiger partial charge is 0.303 e. The summed E-state index contributed by atoms with van der Waals surface area (Å²) in [6.07, 6.45) is 0.468. The van der Waals surface area contributed by atoms with E-state index in [0.29, 0.717) is 34.3 Å². The Balaban J connectivity index is 1.69. The molecule has 3 N–H and O–H groups in total. The number of aryl methyl sites for hydroxylation is 1. The van der Waals surface area contributed by atoms with Gasteiger partial charge in [0.1, 0.15) is 5.82 Å². The predicted octanol–water partition coefficient (Wildman–Crippen LogP) is 5.19. The number of nitrogens with zero attached hydrogens (tertiary/aromatic N) is 3. The van der Waals surface area contributed by atoms with Gasteiger partial charge < -0.3 is 25.0 Å². The highest BCUT2D eigenvalue weighted by Gasteiger charge is 2.19. The van der Waals surface area contributed by atoms with Gasteiger partial charge in [-0.1, -0.05) is 36.4 Å². The van der Waals surface area contributed by atoms with Gasteiger partial charge in [-0.25, -0.2) is 9.38 Å². The molecule has 198 valence electrons. The molecule has 0 atom stereocenters. The molecule has 0 spiro atoms. The number of nitrogens with one attached hydrogen (secondary N) is 1. The molecule has 0 fully saturated rings. The third-order valence-electron chi connectivity index (χ3n) is 6.39. The van der Waals surface area contributed by atoms with Crippen LogP contribution in [0.4, 0.5) is 10.1 Å². The largest absolute Gasteiger partial charge is 0.494 e. The number of H-pyrrole nitrogens is 1. The normalized spacial score (nSPS) is 12.1. The zero-order valence-corrected chi connectivity index (χ0v) is 21.9. The van der Waals surface area contributed by atoms with Gasteiger partial charge in [0.15, 0.2) is 5.88 Å². The van der Waals surface area contributed by atoms with Crippen LogP contribution in [0.15, 0.2) is 71.7 Å². The van der Waals surface area contributed by atoms with E-state index in [1.165, 1.54) is 17.7 Å². The lowest BCUT2D eigenvalue weighted by Gasteiger charge is -2.19. The Morgan fingerprint density at radius 3 is 2.29 bits per heavy atom. The van der Waals surface area contributed by atoms with Crippen molar-refractivity contribution in [2.75, 3.05) is 34.2 Å². The van der Waals surface area contributed by atoms with Crippen LogP contribution in [0.3, 0.4) is 0 Å². The number of aliphatic imine (C=N–C) groups is 1. The monoisotopic (exact) mass is 516 g/mol. The third-order valence-corrected chi connectivity index (χ3v) is 6.39. The van der Waals surface area contributed by atoms with Crippen LogP contribution < -0.4 is 0 Å². The molecular formula is C30H33FN4O3. The quantitative estimate of drug-likeness (QED) is 0.239. The lowest BCUT2D eigenvalue weighted by molar-refractivity contribution is -0.136. The Morgan fingerprint density at radius 2 is 1.63 bits per heavy atom. The summed E-state index contributed by atoms with van der Waals surface area (Å²) in [7, 11) is 6.21. The van der Waals surface area contributed by atoms with E-state index in [9.17, 15) is 14.3 Å². The van der Waals surface area contributed by atoms with E-state index < -0.39 is 11.8 Å². The van der Waals surface area contributed by atoms with Gasteiger partial charge in [0.05, 0.1) is 22.5 Å². The van der Waals surface area contributed by atoms with Crippen LogP contribution >= 0.6 is 0 Å². The van der Waals surface area contributed by atoms with Gasteiger partial charge in [0, 0.05) is 37.0 Å². The zero-order chi connectivity index (χ0) is 27.2. The molecule has 0 saturated carbocycles. The van der Waals surface area contributed by atoms with Crippen LogP contribution in [0.2, 0.25) is 0 Å². The molecule has 38 heavy (non-hydrogen) atoms. The Labute approximate surface area is 221 Å². The number of aromatic hydroxyl groups is 1. The number of carbonyl (C=O) groups is 1. The number of fused-ring (bicyclic) bond motifs is 1. The Hall–Kier alpha value is -4.01. The number of likely N-dealkylation sites (N-methyl/N-ethyl adjacent to an activating group) is 2. The third kappa shape index (κ3) is 6.85. The first-order valence-corrected chi connectivity index (χ1v) is 12.5. The van der Waals surface area contributed by atoms with Crippen molar-refractivity contribution >= 4 is 28.3 Å². The summed E-state index contributed by atoms with van der Waals surface area (Å²) in [4.78, 5) is 23.1. The second-order valence-electron chi connectivity index (χ2n) is 9.80. The van der Waals surface area contributed by atoms with E-state index in [1.807, 2.05) is 48.5 Å². The minimum atomic E-state index is -0.848. The van der Waals surface area contributed by atoms with Crippen molar-refractivity contribution < 1.29 is 19.4 Å². The molecule has 0 amide bonds. The van der Waals surface area contributed by atoms with Crippen molar-refractivity contribution in [3.05, 3.63) is 94.8 Å². The molecule has 7 nitrogen and oxygen atoms in total. The summed E-state index contributed by atoms with van der Waals surface area (Å²) in [6.45, 7) is 2.76. The molecule has 0 radical (unpaired) electrons. The Kier molecular flexibility index (Phi) is 8.55. The van der Waals surface area contributed by atoms with E-state index in [-0.39, 0.29) is 12.3 Å². The Bertz CT molecular complexity index is 1430. The van der Waals surface area contributed by atoms with Crippen LogP contribution in [0.1, 0.15) is 28.7 Å². The summed E-state index contributed by atoms with van der Waals surface area (Å²) in [5.74, 6) is -1.35. The first-order valence-electron chi connectivity index (χ1n) is 12.5. The lowest BCUT2D eigenvalue weighted by Crippen LogP contribution is -2.28. The number of carboxylic acid groups (broad SMARTS) is 1. The maximum atomic E-state index is 13.9. The zero-order valence-electron chi connectivity index (χ0n) is 21.9. The van der Waals surface area contributed by atoms with Gasteiger partial charge in [-0.05, 0) is 69.0 Å². The molecule has 3 aromatic carbocycles. The molecule has 0 bridgehead atoms. The molecule has 0 aliphatic heterocycles. The van der Waals surface area contributed by atoms with E-state index >= 15 is 0 Å². The number of hydrogen-bond acceptors (Lipinski definition) is 5. The summed E-state index contributed by atoms with van der Waals surface area (Å²) in [5.41, 5.74) is 5.00. The first-order chi connectivity index (χ1) is 18.2. The fourth-order valence-electron chi connectivity index (χ4n) is 4.31. The second kappa shape index (κ2) is 12.0. The minimum Gasteiger partial charge on any atom is -0.494 e. The van der Waals surface area contributed by atoms with E-state index in [1.54, 1.807) is 6.07 Å². The second-order valence-corrected chi connectivity index (χ2v) is 9.80. The number of hydrogen-bond donors (Lipinski definition) is 3. The van der Waals surface area contributed by atoms with Crippen molar-refractivity contribution in [3.63, 3.8) is 0 Å². The van der Waals surface area contributed by atoms with Crippen molar-refractivity contribution in [1.29, 1.82) is 0 Å².